The van der Waals surface area contributed by atoms with Crippen LogP contribution in [0.4, 0.5) is 0 Å². The van der Waals surface area contributed by atoms with E-state index in [0.29, 0.717) is 6.61 Å². The molecule has 0 heterocycles. The summed E-state index contributed by atoms with van der Waals surface area (Å²) in [5.41, 5.74) is 0. The van der Waals surface area contributed by atoms with Crippen LogP contribution in [0, 0.1) is 0 Å². The highest BCUT2D eigenvalue weighted by atomic mass is 16.7. The maximum atomic E-state index is 8.74. The lowest BCUT2D eigenvalue weighted by Crippen LogP contribution is -2.36. The number of hydrogen-bond donors (Lipinski definition) is 1. The molecule has 58 valence electrons. The highest BCUT2D eigenvalue weighted by Gasteiger charge is 2.22. The molecule has 0 rings (SSSR count). The summed E-state index contributed by atoms with van der Waals surface area (Å²) in [6, 6.07) is 0. The largest absolute Gasteiger partial charge is 0.391 e. The monoisotopic (exact) mass is 144 g/mol. The van der Waals surface area contributed by atoms with Gasteiger partial charge in [-0.3, -0.25) is 0 Å². The molecular formula is C6H13BO3. The Bertz CT molecular complexity index is 81.1. The SMILES string of the molecule is [B]COC(C)(CO)OCC. The van der Waals surface area contributed by atoms with Gasteiger partial charge in [-0.15, -0.1) is 0 Å². The number of hydrogen-bond acceptors (Lipinski definition) is 3. The van der Waals surface area contributed by atoms with E-state index in [1.54, 1.807) is 6.92 Å². The third kappa shape index (κ3) is 3.20. The van der Waals surface area contributed by atoms with E-state index in [9.17, 15) is 0 Å². The van der Waals surface area contributed by atoms with E-state index < -0.39 is 5.79 Å². The van der Waals surface area contributed by atoms with Crippen LogP contribution in [-0.4, -0.2) is 38.5 Å². The molecule has 0 aliphatic heterocycles. The fourth-order valence-electron chi connectivity index (χ4n) is 0.615. The van der Waals surface area contributed by atoms with Gasteiger partial charge in [0.1, 0.15) is 7.85 Å². The second-order valence-electron chi connectivity index (χ2n) is 2.04. The number of ether oxygens (including phenoxy) is 2. The van der Waals surface area contributed by atoms with Crippen molar-refractivity contribution in [2.75, 3.05) is 19.7 Å². The fraction of sp³-hybridized carbons (Fsp3) is 1.00. The Morgan fingerprint density at radius 3 is 2.40 bits per heavy atom. The van der Waals surface area contributed by atoms with Crippen LogP contribution in [0.5, 0.6) is 0 Å². The van der Waals surface area contributed by atoms with Crippen LogP contribution >= 0.6 is 0 Å². The summed E-state index contributed by atoms with van der Waals surface area (Å²) < 4.78 is 9.99. The molecule has 0 aromatic rings. The molecule has 0 spiro atoms. The van der Waals surface area contributed by atoms with Crippen molar-refractivity contribution in [1.82, 2.24) is 0 Å². The molecule has 0 amide bonds. The lowest BCUT2D eigenvalue weighted by molar-refractivity contribution is -0.231. The van der Waals surface area contributed by atoms with E-state index in [4.69, 9.17) is 22.4 Å². The fourth-order valence-corrected chi connectivity index (χ4v) is 0.615. The number of rotatable bonds is 5. The summed E-state index contributed by atoms with van der Waals surface area (Å²) >= 11 is 0. The Balaban J connectivity index is 3.69. The highest BCUT2D eigenvalue weighted by Crippen LogP contribution is 2.09. The number of aliphatic hydroxyl groups excluding tert-OH is 1. The van der Waals surface area contributed by atoms with Gasteiger partial charge in [-0.25, -0.2) is 0 Å². The lowest BCUT2D eigenvalue weighted by atomic mass is 10.2. The van der Waals surface area contributed by atoms with Gasteiger partial charge in [0, 0.05) is 13.1 Å². The molecule has 4 heteroatoms. The van der Waals surface area contributed by atoms with Crippen LogP contribution in [-0.2, 0) is 9.47 Å². The molecule has 0 saturated heterocycles. The van der Waals surface area contributed by atoms with Crippen LogP contribution in [0.3, 0.4) is 0 Å². The zero-order valence-corrected chi connectivity index (χ0v) is 6.46. The second-order valence-corrected chi connectivity index (χ2v) is 2.04. The normalized spacial score (nSPS) is 16.7. The molecule has 3 nitrogen and oxygen atoms in total. The van der Waals surface area contributed by atoms with Crippen molar-refractivity contribution in [1.29, 1.82) is 0 Å². The Morgan fingerprint density at radius 2 is 2.10 bits per heavy atom. The van der Waals surface area contributed by atoms with E-state index >= 15 is 0 Å². The molecule has 2 radical (unpaired) electrons. The second kappa shape index (κ2) is 4.71. The third-order valence-corrected chi connectivity index (χ3v) is 1.13. The van der Waals surface area contributed by atoms with Gasteiger partial charge in [0.05, 0.1) is 6.61 Å². The molecule has 10 heavy (non-hydrogen) atoms. The molecule has 0 bridgehead atoms. The topological polar surface area (TPSA) is 38.7 Å². The van der Waals surface area contributed by atoms with Crippen molar-refractivity contribution in [3.8, 4) is 0 Å². The Morgan fingerprint density at radius 1 is 1.50 bits per heavy atom. The van der Waals surface area contributed by atoms with E-state index in [1.165, 1.54) is 0 Å². The van der Waals surface area contributed by atoms with E-state index in [0.717, 1.165) is 0 Å². The van der Waals surface area contributed by atoms with E-state index in [2.05, 4.69) is 0 Å². The van der Waals surface area contributed by atoms with Crippen molar-refractivity contribution in [3.05, 3.63) is 0 Å². The zero-order chi connectivity index (χ0) is 8.04. The van der Waals surface area contributed by atoms with Crippen molar-refractivity contribution in [2.24, 2.45) is 0 Å². The molecule has 0 saturated carbocycles. The molecule has 1 unspecified atom stereocenters. The van der Waals surface area contributed by atoms with Gasteiger partial charge in [-0.1, -0.05) is 0 Å². The summed E-state index contributed by atoms with van der Waals surface area (Å²) in [5.74, 6) is -0.927. The first-order valence-electron chi connectivity index (χ1n) is 3.27. The van der Waals surface area contributed by atoms with Crippen LogP contribution in [0.15, 0.2) is 0 Å². The minimum atomic E-state index is -0.927. The van der Waals surface area contributed by atoms with Crippen molar-refractivity contribution in [2.45, 2.75) is 19.6 Å². The maximum Gasteiger partial charge on any atom is 0.187 e. The van der Waals surface area contributed by atoms with Crippen molar-refractivity contribution >= 4 is 7.85 Å². The quantitative estimate of drug-likeness (QED) is 0.431. The van der Waals surface area contributed by atoms with Crippen molar-refractivity contribution in [3.63, 3.8) is 0 Å². The first kappa shape index (κ1) is 9.94. The average molecular weight is 144 g/mol. The number of aliphatic hydroxyl groups is 1. The molecule has 0 fully saturated rings. The molecule has 0 aliphatic carbocycles. The van der Waals surface area contributed by atoms with Crippen LogP contribution < -0.4 is 0 Å². The molecule has 1 atom stereocenters. The zero-order valence-electron chi connectivity index (χ0n) is 6.46. The van der Waals surface area contributed by atoms with Gasteiger partial charge in [-0.05, 0) is 13.8 Å². The highest BCUT2D eigenvalue weighted by molar-refractivity contribution is 6.08. The van der Waals surface area contributed by atoms with E-state index in [1.807, 2.05) is 6.92 Å². The molecular weight excluding hydrogens is 131 g/mol. The Labute approximate surface area is 62.7 Å². The Kier molecular flexibility index (Phi) is 4.69. The summed E-state index contributed by atoms with van der Waals surface area (Å²) in [6.45, 7) is 3.84. The Hall–Kier alpha value is -0.0551. The predicted molar refractivity (Wildman–Crippen MR) is 38.8 cm³/mol. The van der Waals surface area contributed by atoms with Gasteiger partial charge >= 0.3 is 0 Å². The van der Waals surface area contributed by atoms with Crippen LogP contribution in [0.2, 0.25) is 0 Å². The summed E-state index contributed by atoms with van der Waals surface area (Å²) in [7, 11) is 5.11. The van der Waals surface area contributed by atoms with Gasteiger partial charge in [0.2, 0.25) is 0 Å². The third-order valence-electron chi connectivity index (χ3n) is 1.13. The van der Waals surface area contributed by atoms with Crippen LogP contribution in [0.1, 0.15) is 13.8 Å². The van der Waals surface area contributed by atoms with Gasteiger partial charge < -0.3 is 14.6 Å². The van der Waals surface area contributed by atoms with Gasteiger partial charge in [-0.2, -0.15) is 0 Å². The summed E-state index contributed by atoms with van der Waals surface area (Å²) in [6.07, 6.45) is 0. The minimum Gasteiger partial charge on any atom is -0.391 e. The predicted octanol–water partition coefficient (Wildman–Crippen LogP) is -0.126. The van der Waals surface area contributed by atoms with E-state index in [-0.39, 0.29) is 13.1 Å². The molecule has 0 aliphatic rings. The summed E-state index contributed by atoms with van der Waals surface area (Å²) in [5, 5.41) is 8.74. The van der Waals surface area contributed by atoms with Crippen molar-refractivity contribution < 1.29 is 14.6 Å². The standard InChI is InChI=1S/C6H13BO3/c1-3-9-6(2,4-8)10-5-7/h8H,3-5H2,1-2H3. The maximum absolute atomic E-state index is 8.74. The minimum absolute atomic E-state index is 0.0526. The molecule has 0 aromatic heterocycles. The smallest absolute Gasteiger partial charge is 0.187 e. The average Bonchev–Trinajstić information content (AvgIpc) is 1.89. The molecule has 1 N–H and O–H groups in total. The van der Waals surface area contributed by atoms with Gasteiger partial charge in [0.25, 0.3) is 0 Å². The lowest BCUT2D eigenvalue weighted by Gasteiger charge is -2.26. The summed E-state index contributed by atoms with van der Waals surface area (Å²) in [4.78, 5) is 0. The molecule has 0 aromatic carbocycles. The van der Waals surface area contributed by atoms with Gasteiger partial charge in [0.15, 0.2) is 5.79 Å². The first-order valence-corrected chi connectivity index (χ1v) is 3.27. The first-order chi connectivity index (χ1) is 4.68. The van der Waals surface area contributed by atoms with Crippen LogP contribution in [0.25, 0.3) is 0 Å².